The predicted molar refractivity (Wildman–Crippen MR) is 96.1 cm³/mol. The van der Waals surface area contributed by atoms with Gasteiger partial charge in [-0.25, -0.2) is 4.79 Å². The van der Waals surface area contributed by atoms with E-state index >= 15 is 0 Å². The minimum Gasteiger partial charge on any atom is -0.497 e. The van der Waals surface area contributed by atoms with Gasteiger partial charge in [-0.15, -0.1) is 0 Å². The Balaban J connectivity index is 2.08. The molecule has 0 aliphatic heterocycles. The lowest BCUT2D eigenvalue weighted by molar-refractivity contribution is -0.384. The van der Waals surface area contributed by atoms with Gasteiger partial charge in [-0.1, -0.05) is 0 Å². The van der Waals surface area contributed by atoms with Gasteiger partial charge in [0, 0.05) is 17.8 Å². The summed E-state index contributed by atoms with van der Waals surface area (Å²) in [6, 6.07) is 10.1. The molecule has 0 fully saturated rings. The van der Waals surface area contributed by atoms with E-state index in [1.165, 1.54) is 33.3 Å². The standard InChI is InChI=1S/C18H18N2O7/c1-11(17(21)19-12-4-7-14(25-2)8-5-12)27-18(22)15-10-13(20(23)24)6-9-16(15)26-3/h4-11H,1-3H3,(H,19,21)/t11-/m0/s1. The molecule has 142 valence electrons. The molecule has 0 saturated heterocycles. The summed E-state index contributed by atoms with van der Waals surface area (Å²) in [4.78, 5) is 34.8. The van der Waals surface area contributed by atoms with E-state index in [0.29, 0.717) is 11.4 Å². The second kappa shape index (κ2) is 8.65. The average molecular weight is 374 g/mol. The fourth-order valence-electron chi connectivity index (χ4n) is 2.16. The van der Waals surface area contributed by atoms with Gasteiger partial charge >= 0.3 is 5.97 Å². The van der Waals surface area contributed by atoms with Crippen molar-refractivity contribution in [1.29, 1.82) is 0 Å². The van der Waals surface area contributed by atoms with E-state index in [9.17, 15) is 19.7 Å². The zero-order chi connectivity index (χ0) is 20.0. The largest absolute Gasteiger partial charge is 0.497 e. The maximum atomic E-state index is 12.3. The first-order valence-corrected chi connectivity index (χ1v) is 7.84. The van der Waals surface area contributed by atoms with Gasteiger partial charge in [-0.05, 0) is 37.3 Å². The number of nitrogens with zero attached hydrogens (tertiary/aromatic N) is 1. The monoisotopic (exact) mass is 374 g/mol. The van der Waals surface area contributed by atoms with Gasteiger partial charge in [0.15, 0.2) is 6.10 Å². The minimum absolute atomic E-state index is 0.105. The molecule has 0 aromatic heterocycles. The molecule has 0 unspecified atom stereocenters. The Morgan fingerprint density at radius 1 is 1.07 bits per heavy atom. The van der Waals surface area contributed by atoms with E-state index in [2.05, 4.69) is 5.32 Å². The van der Waals surface area contributed by atoms with Crippen LogP contribution in [0.3, 0.4) is 0 Å². The van der Waals surface area contributed by atoms with Gasteiger partial charge in [0.25, 0.3) is 11.6 Å². The molecule has 1 amide bonds. The predicted octanol–water partition coefficient (Wildman–Crippen LogP) is 2.80. The van der Waals surface area contributed by atoms with Crippen LogP contribution in [0.5, 0.6) is 11.5 Å². The molecule has 0 saturated carbocycles. The smallest absolute Gasteiger partial charge is 0.342 e. The first-order chi connectivity index (χ1) is 12.8. The van der Waals surface area contributed by atoms with Crippen LogP contribution in [-0.4, -0.2) is 37.1 Å². The zero-order valence-corrected chi connectivity index (χ0v) is 14.9. The van der Waals surface area contributed by atoms with Crippen LogP contribution in [0.25, 0.3) is 0 Å². The summed E-state index contributed by atoms with van der Waals surface area (Å²) in [5, 5.41) is 13.5. The summed E-state index contributed by atoms with van der Waals surface area (Å²) < 4.78 is 15.2. The SMILES string of the molecule is COc1ccc(NC(=O)[C@H](C)OC(=O)c2cc([N+](=O)[O-])ccc2OC)cc1. The van der Waals surface area contributed by atoms with E-state index in [4.69, 9.17) is 14.2 Å². The van der Waals surface area contributed by atoms with Gasteiger partial charge < -0.3 is 19.5 Å². The Morgan fingerprint density at radius 2 is 1.74 bits per heavy atom. The van der Waals surface area contributed by atoms with Crippen LogP contribution >= 0.6 is 0 Å². The van der Waals surface area contributed by atoms with Crippen LogP contribution < -0.4 is 14.8 Å². The van der Waals surface area contributed by atoms with Crippen molar-refractivity contribution in [3.63, 3.8) is 0 Å². The number of carbonyl (C=O) groups excluding carboxylic acids is 2. The van der Waals surface area contributed by atoms with Gasteiger partial charge in [0.05, 0.1) is 19.1 Å². The number of hydrogen-bond donors (Lipinski definition) is 1. The Kier molecular flexibility index (Phi) is 6.32. The number of amides is 1. The van der Waals surface area contributed by atoms with Crippen molar-refractivity contribution in [3.05, 3.63) is 58.1 Å². The summed E-state index contributed by atoms with van der Waals surface area (Å²) in [6.45, 7) is 1.39. The molecule has 2 rings (SSSR count). The van der Waals surface area contributed by atoms with Gasteiger partial charge in [-0.3, -0.25) is 14.9 Å². The lowest BCUT2D eigenvalue weighted by Gasteiger charge is -2.15. The molecular weight excluding hydrogens is 356 g/mol. The van der Waals surface area contributed by atoms with Crippen LogP contribution in [-0.2, 0) is 9.53 Å². The highest BCUT2D eigenvalue weighted by molar-refractivity contribution is 5.98. The first-order valence-electron chi connectivity index (χ1n) is 7.84. The van der Waals surface area contributed by atoms with Gasteiger partial charge in [0.2, 0.25) is 0 Å². The summed E-state index contributed by atoms with van der Waals surface area (Å²) in [5.41, 5.74) is 0.0607. The number of non-ortho nitro benzene ring substituents is 1. The molecule has 0 bridgehead atoms. The van der Waals surface area contributed by atoms with Crippen LogP contribution in [0.2, 0.25) is 0 Å². The maximum Gasteiger partial charge on any atom is 0.342 e. The highest BCUT2D eigenvalue weighted by Gasteiger charge is 2.23. The fourth-order valence-corrected chi connectivity index (χ4v) is 2.16. The van der Waals surface area contributed by atoms with E-state index in [1.54, 1.807) is 24.3 Å². The number of benzene rings is 2. The molecule has 1 atom stereocenters. The second-order valence-corrected chi connectivity index (χ2v) is 5.41. The molecule has 0 radical (unpaired) electrons. The number of anilines is 1. The van der Waals surface area contributed by atoms with Crippen molar-refractivity contribution in [1.82, 2.24) is 0 Å². The summed E-state index contributed by atoms with van der Waals surface area (Å²) in [6.07, 6.45) is -1.14. The average Bonchev–Trinajstić information content (AvgIpc) is 2.67. The highest BCUT2D eigenvalue weighted by Crippen LogP contribution is 2.25. The van der Waals surface area contributed by atoms with Crippen LogP contribution in [0.1, 0.15) is 17.3 Å². The molecule has 27 heavy (non-hydrogen) atoms. The molecule has 9 heteroatoms. The molecule has 2 aromatic rings. The molecule has 0 aliphatic carbocycles. The Hall–Kier alpha value is -3.62. The molecule has 2 aromatic carbocycles. The second-order valence-electron chi connectivity index (χ2n) is 5.41. The van der Waals surface area contributed by atoms with Crippen LogP contribution in [0, 0.1) is 10.1 Å². The molecule has 9 nitrogen and oxygen atoms in total. The minimum atomic E-state index is -1.14. The van der Waals surface area contributed by atoms with Crippen molar-refractivity contribution in [2.75, 3.05) is 19.5 Å². The number of esters is 1. The van der Waals surface area contributed by atoms with Crippen molar-refractivity contribution < 1.29 is 28.7 Å². The molecule has 0 aliphatic rings. The van der Waals surface area contributed by atoms with Crippen molar-refractivity contribution in [3.8, 4) is 11.5 Å². The van der Waals surface area contributed by atoms with Gasteiger partial charge in [-0.2, -0.15) is 0 Å². The number of methoxy groups -OCH3 is 2. The Morgan fingerprint density at radius 3 is 2.30 bits per heavy atom. The Labute approximate surface area is 155 Å². The molecular formula is C18H18N2O7. The van der Waals surface area contributed by atoms with Crippen LogP contribution in [0.15, 0.2) is 42.5 Å². The number of rotatable bonds is 7. The molecule has 0 heterocycles. The Bertz CT molecular complexity index is 849. The van der Waals surface area contributed by atoms with Crippen molar-refractivity contribution >= 4 is 23.3 Å². The fraction of sp³-hybridized carbons (Fsp3) is 0.222. The van der Waals surface area contributed by atoms with Gasteiger partial charge in [0.1, 0.15) is 17.1 Å². The third-order valence-corrected chi connectivity index (χ3v) is 3.62. The summed E-state index contributed by atoms with van der Waals surface area (Å²) in [7, 11) is 2.84. The van der Waals surface area contributed by atoms with E-state index in [1.807, 2.05) is 0 Å². The quantitative estimate of drug-likeness (QED) is 0.450. The third kappa shape index (κ3) is 4.94. The number of nitro groups is 1. The van der Waals surface area contributed by atoms with Crippen LogP contribution in [0.4, 0.5) is 11.4 Å². The number of hydrogen-bond acceptors (Lipinski definition) is 7. The number of ether oxygens (including phenoxy) is 3. The first kappa shape index (κ1) is 19.7. The number of carbonyl (C=O) groups is 2. The summed E-state index contributed by atoms with van der Waals surface area (Å²) >= 11 is 0. The molecule has 0 spiro atoms. The van der Waals surface area contributed by atoms with E-state index < -0.39 is 22.9 Å². The summed E-state index contributed by atoms with van der Waals surface area (Å²) in [5.74, 6) is -0.732. The third-order valence-electron chi connectivity index (χ3n) is 3.62. The molecule has 1 N–H and O–H groups in total. The lowest BCUT2D eigenvalue weighted by atomic mass is 10.1. The van der Waals surface area contributed by atoms with Crippen molar-refractivity contribution in [2.24, 2.45) is 0 Å². The zero-order valence-electron chi connectivity index (χ0n) is 14.9. The normalized spacial score (nSPS) is 11.2. The maximum absolute atomic E-state index is 12.3. The number of nitro benzene ring substituents is 1. The van der Waals surface area contributed by atoms with E-state index in [0.717, 1.165) is 6.07 Å². The van der Waals surface area contributed by atoms with E-state index in [-0.39, 0.29) is 17.0 Å². The lowest BCUT2D eigenvalue weighted by Crippen LogP contribution is -2.30. The topological polar surface area (TPSA) is 117 Å². The van der Waals surface area contributed by atoms with Crippen molar-refractivity contribution in [2.45, 2.75) is 13.0 Å². The highest BCUT2D eigenvalue weighted by atomic mass is 16.6. The number of nitrogens with one attached hydrogen (secondary N) is 1.